The fourth-order valence-corrected chi connectivity index (χ4v) is 0.881. The molecule has 60 valence electrons. The SMILES string of the molecule is CCOc1cnc(Cl)c(C)c1. The van der Waals surface area contributed by atoms with E-state index < -0.39 is 0 Å². The summed E-state index contributed by atoms with van der Waals surface area (Å²) in [5.41, 5.74) is 0.942. The van der Waals surface area contributed by atoms with Gasteiger partial charge in [-0.3, -0.25) is 0 Å². The number of aromatic nitrogens is 1. The first kappa shape index (κ1) is 8.34. The van der Waals surface area contributed by atoms with Gasteiger partial charge in [-0.15, -0.1) is 0 Å². The van der Waals surface area contributed by atoms with Crippen molar-refractivity contribution in [3.63, 3.8) is 0 Å². The lowest BCUT2D eigenvalue weighted by Gasteiger charge is -2.03. The summed E-state index contributed by atoms with van der Waals surface area (Å²) in [4.78, 5) is 3.94. The molecule has 0 saturated heterocycles. The number of hydrogen-bond acceptors (Lipinski definition) is 2. The van der Waals surface area contributed by atoms with Crippen LogP contribution in [-0.4, -0.2) is 11.6 Å². The molecule has 1 rings (SSSR count). The minimum absolute atomic E-state index is 0.536. The zero-order valence-electron chi connectivity index (χ0n) is 6.60. The van der Waals surface area contributed by atoms with Crippen LogP contribution in [0.1, 0.15) is 12.5 Å². The number of aryl methyl sites for hydroxylation is 1. The summed E-state index contributed by atoms with van der Waals surface area (Å²) in [6.45, 7) is 4.49. The van der Waals surface area contributed by atoms with Crippen molar-refractivity contribution in [2.75, 3.05) is 6.61 Å². The van der Waals surface area contributed by atoms with E-state index >= 15 is 0 Å². The second-order valence-electron chi connectivity index (χ2n) is 2.21. The number of hydrogen-bond donors (Lipinski definition) is 0. The Morgan fingerprint density at radius 3 is 2.91 bits per heavy atom. The number of halogens is 1. The Labute approximate surface area is 71.2 Å². The van der Waals surface area contributed by atoms with E-state index in [1.165, 1.54) is 0 Å². The molecule has 0 aliphatic carbocycles. The van der Waals surface area contributed by atoms with E-state index in [1.807, 2.05) is 19.9 Å². The van der Waals surface area contributed by atoms with Crippen molar-refractivity contribution in [1.82, 2.24) is 4.98 Å². The van der Waals surface area contributed by atoms with Crippen molar-refractivity contribution in [2.24, 2.45) is 0 Å². The van der Waals surface area contributed by atoms with Crippen LogP contribution in [0.25, 0.3) is 0 Å². The fourth-order valence-electron chi connectivity index (χ4n) is 0.778. The summed E-state index contributed by atoms with van der Waals surface area (Å²) in [5.74, 6) is 0.773. The van der Waals surface area contributed by atoms with Gasteiger partial charge in [0.25, 0.3) is 0 Å². The topological polar surface area (TPSA) is 22.1 Å². The fraction of sp³-hybridized carbons (Fsp3) is 0.375. The predicted molar refractivity (Wildman–Crippen MR) is 45.2 cm³/mol. The van der Waals surface area contributed by atoms with Gasteiger partial charge in [-0.25, -0.2) is 4.98 Å². The van der Waals surface area contributed by atoms with E-state index in [1.54, 1.807) is 6.20 Å². The van der Waals surface area contributed by atoms with Crippen LogP contribution in [0.2, 0.25) is 5.15 Å². The molecule has 0 radical (unpaired) electrons. The minimum atomic E-state index is 0.536. The summed E-state index contributed by atoms with van der Waals surface area (Å²) in [6.07, 6.45) is 1.62. The highest BCUT2D eigenvalue weighted by Gasteiger charge is 1.97. The van der Waals surface area contributed by atoms with Crippen LogP contribution in [0.3, 0.4) is 0 Å². The Balaban J connectivity index is 2.86. The van der Waals surface area contributed by atoms with Gasteiger partial charge in [0.15, 0.2) is 0 Å². The zero-order valence-corrected chi connectivity index (χ0v) is 7.35. The van der Waals surface area contributed by atoms with Crippen LogP contribution in [0.4, 0.5) is 0 Å². The highest BCUT2D eigenvalue weighted by Crippen LogP contribution is 2.17. The molecular formula is C8H10ClNO. The first-order chi connectivity index (χ1) is 5.24. The van der Waals surface area contributed by atoms with Crippen LogP contribution in [0, 0.1) is 6.92 Å². The summed E-state index contributed by atoms with van der Waals surface area (Å²) in [6, 6.07) is 1.87. The second kappa shape index (κ2) is 3.58. The summed E-state index contributed by atoms with van der Waals surface area (Å²) < 4.78 is 5.22. The quantitative estimate of drug-likeness (QED) is 0.638. The highest BCUT2D eigenvalue weighted by molar-refractivity contribution is 6.30. The predicted octanol–water partition coefficient (Wildman–Crippen LogP) is 2.44. The molecule has 0 fully saturated rings. The van der Waals surface area contributed by atoms with Crippen molar-refractivity contribution < 1.29 is 4.74 Å². The molecule has 0 aliphatic rings. The van der Waals surface area contributed by atoms with Crippen molar-refractivity contribution >= 4 is 11.6 Å². The molecule has 3 heteroatoms. The van der Waals surface area contributed by atoms with Crippen LogP contribution in [-0.2, 0) is 0 Å². The minimum Gasteiger partial charge on any atom is -0.492 e. The smallest absolute Gasteiger partial charge is 0.137 e. The first-order valence-electron chi connectivity index (χ1n) is 3.49. The van der Waals surface area contributed by atoms with Crippen LogP contribution >= 0.6 is 11.6 Å². The van der Waals surface area contributed by atoms with Gasteiger partial charge in [-0.1, -0.05) is 11.6 Å². The van der Waals surface area contributed by atoms with E-state index in [9.17, 15) is 0 Å². The normalized spacial score (nSPS) is 9.73. The summed E-state index contributed by atoms with van der Waals surface area (Å²) >= 11 is 5.71. The summed E-state index contributed by atoms with van der Waals surface area (Å²) in [5, 5.41) is 0.536. The Morgan fingerprint density at radius 2 is 2.36 bits per heavy atom. The second-order valence-corrected chi connectivity index (χ2v) is 2.57. The summed E-state index contributed by atoms with van der Waals surface area (Å²) in [7, 11) is 0. The van der Waals surface area contributed by atoms with Gasteiger partial charge in [0.05, 0.1) is 12.8 Å². The van der Waals surface area contributed by atoms with Gasteiger partial charge in [0.1, 0.15) is 10.9 Å². The van der Waals surface area contributed by atoms with Gasteiger partial charge >= 0.3 is 0 Å². The Hall–Kier alpha value is -0.760. The molecular weight excluding hydrogens is 162 g/mol. The third-order valence-corrected chi connectivity index (χ3v) is 1.70. The number of pyridine rings is 1. The standard InChI is InChI=1S/C8H10ClNO/c1-3-11-7-4-6(2)8(9)10-5-7/h4-5H,3H2,1-2H3. The zero-order chi connectivity index (χ0) is 8.27. The van der Waals surface area contributed by atoms with Crippen molar-refractivity contribution in [1.29, 1.82) is 0 Å². The molecule has 11 heavy (non-hydrogen) atoms. The van der Waals surface area contributed by atoms with Crippen LogP contribution in [0.5, 0.6) is 5.75 Å². The largest absolute Gasteiger partial charge is 0.492 e. The van der Waals surface area contributed by atoms with E-state index in [-0.39, 0.29) is 0 Å². The molecule has 0 spiro atoms. The highest BCUT2D eigenvalue weighted by atomic mass is 35.5. The van der Waals surface area contributed by atoms with Crippen LogP contribution in [0.15, 0.2) is 12.3 Å². The molecule has 0 bridgehead atoms. The maximum absolute atomic E-state index is 5.71. The van der Waals surface area contributed by atoms with Crippen LogP contribution < -0.4 is 4.74 Å². The lowest BCUT2D eigenvalue weighted by atomic mass is 10.3. The Kier molecular flexibility index (Phi) is 2.71. The molecule has 0 aliphatic heterocycles. The molecule has 0 aromatic carbocycles. The van der Waals surface area contributed by atoms with Gasteiger partial charge in [0.2, 0.25) is 0 Å². The van der Waals surface area contributed by atoms with Crippen molar-refractivity contribution in [2.45, 2.75) is 13.8 Å². The maximum Gasteiger partial charge on any atom is 0.137 e. The third-order valence-electron chi connectivity index (χ3n) is 1.30. The molecule has 1 aromatic rings. The third kappa shape index (κ3) is 2.09. The van der Waals surface area contributed by atoms with Crippen molar-refractivity contribution in [3.8, 4) is 5.75 Å². The van der Waals surface area contributed by atoms with Crippen molar-refractivity contribution in [3.05, 3.63) is 23.0 Å². The Morgan fingerprint density at radius 1 is 1.64 bits per heavy atom. The molecule has 2 nitrogen and oxygen atoms in total. The number of nitrogens with zero attached hydrogens (tertiary/aromatic N) is 1. The van der Waals surface area contributed by atoms with Gasteiger partial charge < -0.3 is 4.74 Å². The van der Waals surface area contributed by atoms with Gasteiger partial charge in [-0.2, -0.15) is 0 Å². The average Bonchev–Trinajstić information content (AvgIpc) is 1.98. The molecule has 1 aromatic heterocycles. The van der Waals surface area contributed by atoms with E-state index in [2.05, 4.69) is 4.98 Å². The molecule has 0 saturated carbocycles. The van der Waals surface area contributed by atoms with E-state index in [0.29, 0.717) is 11.8 Å². The average molecular weight is 172 g/mol. The van der Waals surface area contributed by atoms with Gasteiger partial charge in [-0.05, 0) is 25.5 Å². The maximum atomic E-state index is 5.71. The Bertz CT molecular complexity index is 250. The first-order valence-corrected chi connectivity index (χ1v) is 3.86. The molecule has 0 unspecified atom stereocenters. The molecule has 1 heterocycles. The molecule has 0 N–H and O–H groups in total. The van der Waals surface area contributed by atoms with Gasteiger partial charge in [0, 0.05) is 0 Å². The molecule has 0 amide bonds. The number of rotatable bonds is 2. The number of ether oxygens (including phenoxy) is 1. The van der Waals surface area contributed by atoms with E-state index in [4.69, 9.17) is 16.3 Å². The monoisotopic (exact) mass is 171 g/mol. The lowest BCUT2D eigenvalue weighted by Crippen LogP contribution is -1.92. The molecule has 0 atom stereocenters. The van der Waals surface area contributed by atoms with E-state index in [0.717, 1.165) is 11.3 Å². The lowest BCUT2D eigenvalue weighted by molar-refractivity contribution is 0.338.